The second-order valence-corrected chi connectivity index (χ2v) is 21.6. The third-order valence-corrected chi connectivity index (χ3v) is 15.0. The van der Waals surface area contributed by atoms with Crippen LogP contribution in [0.5, 0.6) is 0 Å². The number of hydrogen-bond donors (Lipinski definition) is 0. The van der Waals surface area contributed by atoms with E-state index in [4.69, 9.17) is 14.2 Å². The highest BCUT2D eigenvalue weighted by molar-refractivity contribution is 5.80. The summed E-state index contributed by atoms with van der Waals surface area (Å²) in [6.45, 7) is 27.1. The first-order chi connectivity index (χ1) is 29.4. The molecule has 0 aromatic heterocycles. The average molecular weight is 919 g/mol. The van der Waals surface area contributed by atoms with Crippen LogP contribution in [0.3, 0.4) is 0 Å². The highest BCUT2D eigenvalue weighted by Crippen LogP contribution is 2.59. The van der Waals surface area contributed by atoms with Crippen LogP contribution in [0.15, 0.2) is 0 Å². The Labute approximate surface area is 385 Å². The van der Waals surface area contributed by atoms with Crippen molar-refractivity contribution in [2.45, 2.75) is 230 Å². The van der Waals surface area contributed by atoms with Crippen LogP contribution in [0, 0.1) is 45.3 Å². The number of esters is 5. The summed E-state index contributed by atoms with van der Waals surface area (Å²) in [5.74, 6) is 1.14. The van der Waals surface area contributed by atoms with Crippen LogP contribution in [-0.4, -0.2) is 67.0 Å². The van der Waals surface area contributed by atoms with Crippen LogP contribution in [-0.2, 0) is 47.7 Å². The van der Waals surface area contributed by atoms with Crippen LogP contribution < -0.4 is 0 Å². The molecule has 374 valence electrons. The van der Waals surface area contributed by atoms with Gasteiger partial charge >= 0.3 is 36.0 Å². The van der Waals surface area contributed by atoms with Gasteiger partial charge in [0.05, 0.1) is 28.3 Å². The molecule has 0 spiro atoms. The summed E-state index contributed by atoms with van der Waals surface area (Å²) in [6.07, 6.45) is 14.4. The third kappa shape index (κ3) is 18.4. The minimum absolute atomic E-state index is 0.00702. The van der Waals surface area contributed by atoms with Crippen molar-refractivity contribution in [3.05, 3.63) is 0 Å². The lowest BCUT2D eigenvalue weighted by Gasteiger charge is -2.59. The molecule has 5 aliphatic carbocycles. The molecule has 0 aromatic rings. The van der Waals surface area contributed by atoms with Gasteiger partial charge in [-0.15, -0.1) is 0 Å². The highest BCUT2D eigenvalue weighted by atomic mass is 19.4. The van der Waals surface area contributed by atoms with E-state index >= 15 is 0 Å². The molecule has 0 aliphatic heterocycles. The minimum atomic E-state index is -4.58. The van der Waals surface area contributed by atoms with E-state index in [-0.39, 0.29) is 45.4 Å². The van der Waals surface area contributed by atoms with Crippen molar-refractivity contribution in [1.82, 2.24) is 0 Å². The Bertz CT molecular complexity index is 1440. The summed E-state index contributed by atoms with van der Waals surface area (Å²) < 4.78 is 60.4. The molecule has 0 atom stereocenters. The average Bonchev–Trinajstić information content (AvgIpc) is 3.22. The van der Waals surface area contributed by atoms with Gasteiger partial charge in [-0.3, -0.25) is 19.2 Å². The molecule has 0 radical (unpaired) electrons. The van der Waals surface area contributed by atoms with Crippen LogP contribution in [0.1, 0.15) is 213 Å². The van der Waals surface area contributed by atoms with Crippen molar-refractivity contribution in [1.29, 1.82) is 0 Å². The molecule has 5 rings (SSSR count). The predicted molar refractivity (Wildman–Crippen MR) is 244 cm³/mol. The lowest BCUT2D eigenvalue weighted by Crippen LogP contribution is -2.58. The predicted octanol–water partition coefficient (Wildman–Crippen LogP) is 13.1. The van der Waals surface area contributed by atoms with Gasteiger partial charge in [0, 0.05) is 0 Å². The molecule has 0 unspecified atom stereocenters. The molecule has 4 bridgehead atoms. The number of rotatable bonds is 15. The summed E-state index contributed by atoms with van der Waals surface area (Å²) in [7, 11) is 0. The first-order valence-corrected chi connectivity index (χ1v) is 24.5. The maximum absolute atomic E-state index is 12.5. The summed E-state index contributed by atoms with van der Waals surface area (Å²) in [4.78, 5) is 58.0. The van der Waals surface area contributed by atoms with Crippen LogP contribution in [0.2, 0.25) is 0 Å². The second-order valence-electron chi connectivity index (χ2n) is 21.6. The third-order valence-electron chi connectivity index (χ3n) is 15.0. The van der Waals surface area contributed by atoms with Gasteiger partial charge in [-0.25, -0.2) is 4.79 Å². The van der Waals surface area contributed by atoms with Crippen LogP contribution in [0.4, 0.5) is 13.2 Å². The van der Waals surface area contributed by atoms with Crippen LogP contribution >= 0.6 is 0 Å². The van der Waals surface area contributed by atoms with E-state index in [9.17, 15) is 37.1 Å². The summed E-state index contributed by atoms with van der Waals surface area (Å²) in [5, 5.41) is 0. The van der Waals surface area contributed by atoms with Gasteiger partial charge in [-0.2, -0.15) is 13.2 Å². The van der Waals surface area contributed by atoms with Crippen molar-refractivity contribution in [3.63, 3.8) is 0 Å². The molecule has 5 fully saturated rings. The molecule has 0 heterocycles. The molecular formula is C51H89F3O10. The van der Waals surface area contributed by atoms with Gasteiger partial charge in [0.2, 0.25) is 0 Å². The Morgan fingerprint density at radius 2 is 0.891 bits per heavy atom. The Balaban J connectivity index is 0.000000437. The molecule has 5 aliphatic rings. The van der Waals surface area contributed by atoms with Gasteiger partial charge in [0.1, 0.15) is 11.2 Å². The van der Waals surface area contributed by atoms with E-state index in [1.807, 2.05) is 55.4 Å². The molecule has 64 heavy (non-hydrogen) atoms. The zero-order valence-electron chi connectivity index (χ0n) is 42.7. The molecular weight excluding hydrogens is 830 g/mol. The first kappa shape index (κ1) is 59.2. The summed E-state index contributed by atoms with van der Waals surface area (Å²) in [5.41, 5.74) is -2.11. The summed E-state index contributed by atoms with van der Waals surface area (Å²) >= 11 is 0. The van der Waals surface area contributed by atoms with Crippen molar-refractivity contribution < 1.29 is 60.8 Å². The van der Waals surface area contributed by atoms with Gasteiger partial charge in [-0.05, 0) is 183 Å². The molecule has 0 aromatic carbocycles. The zero-order valence-corrected chi connectivity index (χ0v) is 42.7. The fraction of sp³-hybridized carbons (Fsp3) is 0.902. The molecule has 0 amide bonds. The van der Waals surface area contributed by atoms with Gasteiger partial charge in [0.15, 0.2) is 13.2 Å². The number of carbonyl (C=O) groups is 5. The van der Waals surface area contributed by atoms with Gasteiger partial charge in [0.25, 0.3) is 0 Å². The molecule has 5 saturated carbocycles. The number of halogens is 3. The first-order valence-electron chi connectivity index (χ1n) is 24.5. The van der Waals surface area contributed by atoms with Crippen molar-refractivity contribution in [2.75, 3.05) is 19.8 Å². The SMILES string of the molecule is CCC(C)(C)C(=O)OC1(C)C2CC3CC(C2)CC1C3.CCC(C)(C)C(=O)OCC(=O)OCC(F)(F)F.CCC1(OC(=O)C(C)(C)CC)CCCCCCC1.CCOC(=O)C(C)(C)CC. The topological polar surface area (TPSA) is 132 Å². The quantitative estimate of drug-likeness (QED) is 0.115. The van der Waals surface area contributed by atoms with Crippen molar-refractivity contribution in [2.24, 2.45) is 45.3 Å². The Hall–Kier alpha value is -2.86. The number of alkyl halides is 3. The van der Waals surface area contributed by atoms with Crippen molar-refractivity contribution in [3.8, 4) is 0 Å². The lowest BCUT2D eigenvalue weighted by atomic mass is 9.50. The zero-order chi connectivity index (χ0) is 49.4. The van der Waals surface area contributed by atoms with E-state index in [0.717, 1.165) is 50.4 Å². The number of carbonyl (C=O) groups excluding carboxylic acids is 5. The van der Waals surface area contributed by atoms with E-state index < -0.39 is 36.7 Å². The number of hydrogen-bond acceptors (Lipinski definition) is 10. The van der Waals surface area contributed by atoms with E-state index in [2.05, 4.69) is 37.2 Å². The molecule has 0 N–H and O–H groups in total. The van der Waals surface area contributed by atoms with Crippen molar-refractivity contribution >= 4 is 29.8 Å². The van der Waals surface area contributed by atoms with Gasteiger partial charge < -0.3 is 23.7 Å². The monoisotopic (exact) mass is 919 g/mol. The maximum Gasteiger partial charge on any atom is 0.422 e. The number of ether oxygens (including phenoxy) is 5. The highest BCUT2D eigenvalue weighted by Gasteiger charge is 2.57. The van der Waals surface area contributed by atoms with E-state index in [1.54, 1.807) is 20.8 Å². The normalized spacial score (nSPS) is 24.0. The molecule has 13 heteroatoms. The van der Waals surface area contributed by atoms with Crippen LogP contribution in [0.25, 0.3) is 0 Å². The van der Waals surface area contributed by atoms with Gasteiger partial charge in [-0.1, -0.05) is 53.9 Å². The lowest BCUT2D eigenvalue weighted by molar-refractivity contribution is -0.211. The Morgan fingerprint density at radius 3 is 1.27 bits per heavy atom. The largest absolute Gasteiger partial charge is 0.466 e. The van der Waals surface area contributed by atoms with E-state index in [0.29, 0.717) is 24.9 Å². The Kier molecular flexibility index (Phi) is 23.4. The Morgan fingerprint density at radius 1 is 0.516 bits per heavy atom. The molecule has 0 saturated heterocycles. The smallest absolute Gasteiger partial charge is 0.422 e. The van der Waals surface area contributed by atoms with E-state index in [1.165, 1.54) is 64.2 Å². The fourth-order valence-electron chi connectivity index (χ4n) is 8.46. The maximum atomic E-state index is 12.5. The fourth-order valence-corrected chi connectivity index (χ4v) is 8.46. The standard InChI is InChI=1S/C17H28O2.C16H30O2.C10H15F3O4.C8H16O2/c1-5-16(2,3)15(18)19-17(4)13-7-11-6-12(9-13)10-14(17)8-11;1-5-15(3,4)14(17)18-16(6-2)12-10-8-7-9-11-13-16;1-4-9(2,3)8(15)16-5-7(14)17-6-10(11,12)13;1-5-8(3,4)7(9)10-6-2/h11-14H,5-10H2,1-4H3;5-13H2,1-4H3;4-6H2,1-3H3;5-6H2,1-4H3. The minimum Gasteiger partial charge on any atom is -0.466 e. The second kappa shape index (κ2) is 25.3. The molecule has 10 nitrogen and oxygen atoms in total. The summed E-state index contributed by atoms with van der Waals surface area (Å²) in [6, 6.07) is 0.